The Balaban J connectivity index is 2.31. The van der Waals surface area contributed by atoms with Crippen LogP contribution in [0, 0.1) is 0 Å². The van der Waals surface area contributed by atoms with Gasteiger partial charge in [0, 0.05) is 18.8 Å². The van der Waals surface area contributed by atoms with Gasteiger partial charge in [-0.25, -0.2) is 9.78 Å². The molecule has 1 aromatic heterocycles. The first-order valence-electron chi connectivity index (χ1n) is 6.25. The van der Waals surface area contributed by atoms with Crippen LogP contribution in [0.3, 0.4) is 0 Å². The number of halogens is 1. The molecule has 0 bridgehead atoms. The zero-order valence-electron chi connectivity index (χ0n) is 10.4. The fourth-order valence-corrected chi connectivity index (χ4v) is 2.55. The Labute approximate surface area is 112 Å². The van der Waals surface area contributed by atoms with Crippen LogP contribution in [0.4, 0.5) is 5.82 Å². The molecule has 5 heteroatoms. The first-order chi connectivity index (χ1) is 8.59. The molecule has 1 saturated heterocycles. The lowest BCUT2D eigenvalue weighted by Gasteiger charge is -2.28. The van der Waals surface area contributed by atoms with E-state index >= 15 is 0 Å². The average Bonchev–Trinajstić information content (AvgIpc) is 2.54. The van der Waals surface area contributed by atoms with Crippen molar-refractivity contribution in [1.29, 1.82) is 0 Å². The molecule has 2 heterocycles. The van der Waals surface area contributed by atoms with Gasteiger partial charge in [-0.1, -0.05) is 24.4 Å². The molecule has 4 nitrogen and oxygen atoms in total. The van der Waals surface area contributed by atoms with Crippen LogP contribution in [0.1, 0.15) is 43.0 Å². The van der Waals surface area contributed by atoms with Crippen molar-refractivity contribution >= 4 is 23.4 Å². The summed E-state index contributed by atoms with van der Waals surface area (Å²) < 4.78 is 0. The van der Waals surface area contributed by atoms with Crippen molar-refractivity contribution in [3.05, 3.63) is 22.8 Å². The SMILES string of the molecule is CC1CCCCCN1c1cc(C(=O)O)c(Cl)cn1. The predicted molar refractivity (Wildman–Crippen MR) is 71.5 cm³/mol. The third-order valence-corrected chi connectivity index (χ3v) is 3.72. The molecule has 2 rings (SSSR count). The van der Waals surface area contributed by atoms with Crippen molar-refractivity contribution in [3.8, 4) is 0 Å². The number of hydrogen-bond acceptors (Lipinski definition) is 3. The number of aromatic carboxylic acids is 1. The second kappa shape index (κ2) is 5.57. The number of carboxylic acids is 1. The highest BCUT2D eigenvalue weighted by atomic mass is 35.5. The minimum absolute atomic E-state index is 0.123. The lowest BCUT2D eigenvalue weighted by atomic mass is 10.1. The topological polar surface area (TPSA) is 53.4 Å². The van der Waals surface area contributed by atoms with Crippen LogP contribution in [0.15, 0.2) is 12.3 Å². The predicted octanol–water partition coefficient (Wildman–Crippen LogP) is 3.20. The Morgan fingerprint density at radius 2 is 2.28 bits per heavy atom. The number of carboxylic acid groups (broad SMARTS) is 1. The summed E-state index contributed by atoms with van der Waals surface area (Å²) >= 11 is 5.84. The Morgan fingerprint density at radius 3 is 3.00 bits per heavy atom. The summed E-state index contributed by atoms with van der Waals surface area (Å²) in [4.78, 5) is 17.5. The Hall–Kier alpha value is -1.29. The molecular weight excluding hydrogens is 252 g/mol. The summed E-state index contributed by atoms with van der Waals surface area (Å²) in [6.07, 6.45) is 6.11. The van der Waals surface area contributed by atoms with Gasteiger partial charge in [0.1, 0.15) is 5.82 Å². The highest BCUT2D eigenvalue weighted by Gasteiger charge is 2.20. The van der Waals surface area contributed by atoms with Crippen LogP contribution in [-0.4, -0.2) is 28.6 Å². The summed E-state index contributed by atoms with van der Waals surface area (Å²) in [5.74, 6) is -0.294. The average molecular weight is 269 g/mol. The van der Waals surface area contributed by atoms with Gasteiger partial charge in [0.2, 0.25) is 0 Å². The molecule has 1 N–H and O–H groups in total. The molecule has 0 aromatic carbocycles. The summed E-state index contributed by atoms with van der Waals surface area (Å²) in [6.45, 7) is 3.08. The molecule has 0 amide bonds. The lowest BCUT2D eigenvalue weighted by molar-refractivity contribution is 0.0697. The maximum atomic E-state index is 11.1. The zero-order chi connectivity index (χ0) is 13.1. The summed E-state index contributed by atoms with van der Waals surface area (Å²) in [5.41, 5.74) is 0.123. The summed E-state index contributed by atoms with van der Waals surface area (Å²) in [5, 5.41) is 9.27. The van der Waals surface area contributed by atoms with Gasteiger partial charge >= 0.3 is 5.97 Å². The van der Waals surface area contributed by atoms with E-state index in [1.54, 1.807) is 6.07 Å². The van der Waals surface area contributed by atoms with E-state index in [4.69, 9.17) is 16.7 Å². The molecule has 1 fully saturated rings. The Kier molecular flexibility index (Phi) is 4.07. The number of carbonyl (C=O) groups is 1. The Morgan fingerprint density at radius 1 is 1.50 bits per heavy atom. The fraction of sp³-hybridized carbons (Fsp3) is 0.538. The zero-order valence-corrected chi connectivity index (χ0v) is 11.2. The normalized spacial score (nSPS) is 20.6. The molecule has 1 atom stereocenters. The molecule has 1 aliphatic heterocycles. The van der Waals surface area contributed by atoms with Crippen LogP contribution in [-0.2, 0) is 0 Å². The molecule has 0 saturated carbocycles. The lowest BCUT2D eigenvalue weighted by Crippen LogP contribution is -2.33. The van der Waals surface area contributed by atoms with Crippen LogP contribution in [0.25, 0.3) is 0 Å². The summed E-state index contributed by atoms with van der Waals surface area (Å²) in [7, 11) is 0. The van der Waals surface area contributed by atoms with Gasteiger partial charge in [0.05, 0.1) is 10.6 Å². The van der Waals surface area contributed by atoms with Crippen LogP contribution < -0.4 is 4.90 Å². The van der Waals surface area contributed by atoms with Crippen molar-refractivity contribution < 1.29 is 9.90 Å². The van der Waals surface area contributed by atoms with Crippen molar-refractivity contribution in [2.45, 2.75) is 38.6 Å². The molecular formula is C13H17ClN2O2. The standard InChI is InChI=1S/C13H17ClN2O2/c1-9-5-3-2-4-6-16(9)12-7-10(13(17)18)11(14)8-15-12/h7-9H,2-6H2,1H3,(H,17,18). The van der Waals surface area contributed by atoms with E-state index in [-0.39, 0.29) is 10.6 Å². The highest BCUT2D eigenvalue weighted by Crippen LogP contribution is 2.25. The third kappa shape index (κ3) is 2.75. The van der Waals surface area contributed by atoms with Crippen molar-refractivity contribution in [2.24, 2.45) is 0 Å². The molecule has 0 radical (unpaired) electrons. The van der Waals surface area contributed by atoms with E-state index in [0.29, 0.717) is 11.9 Å². The van der Waals surface area contributed by atoms with Gasteiger partial charge in [-0.3, -0.25) is 0 Å². The number of hydrogen-bond donors (Lipinski definition) is 1. The van der Waals surface area contributed by atoms with Crippen molar-refractivity contribution in [3.63, 3.8) is 0 Å². The first kappa shape index (κ1) is 13.1. The van der Waals surface area contributed by atoms with Crippen molar-refractivity contribution in [1.82, 2.24) is 4.98 Å². The van der Waals surface area contributed by atoms with E-state index in [9.17, 15) is 4.79 Å². The number of nitrogens with zero attached hydrogens (tertiary/aromatic N) is 2. The molecule has 0 aliphatic carbocycles. The second-order valence-corrected chi connectivity index (χ2v) is 5.13. The van der Waals surface area contributed by atoms with Crippen molar-refractivity contribution in [2.75, 3.05) is 11.4 Å². The van der Waals surface area contributed by atoms with E-state index in [1.165, 1.54) is 19.0 Å². The quantitative estimate of drug-likeness (QED) is 0.895. The number of rotatable bonds is 2. The van der Waals surface area contributed by atoms with E-state index in [2.05, 4.69) is 16.8 Å². The minimum atomic E-state index is -1.01. The number of aromatic nitrogens is 1. The van der Waals surface area contributed by atoms with Gasteiger partial charge in [0.15, 0.2) is 0 Å². The van der Waals surface area contributed by atoms with E-state index in [0.717, 1.165) is 19.4 Å². The largest absolute Gasteiger partial charge is 0.478 e. The fourth-order valence-electron chi connectivity index (χ4n) is 2.36. The number of pyridine rings is 1. The van der Waals surface area contributed by atoms with E-state index in [1.807, 2.05) is 0 Å². The van der Waals surface area contributed by atoms with Crippen LogP contribution in [0.5, 0.6) is 0 Å². The smallest absolute Gasteiger partial charge is 0.337 e. The second-order valence-electron chi connectivity index (χ2n) is 4.72. The van der Waals surface area contributed by atoms with Crippen LogP contribution in [0.2, 0.25) is 5.02 Å². The molecule has 98 valence electrons. The van der Waals surface area contributed by atoms with Gasteiger partial charge in [-0.15, -0.1) is 0 Å². The third-order valence-electron chi connectivity index (χ3n) is 3.42. The first-order valence-corrected chi connectivity index (χ1v) is 6.63. The molecule has 1 aromatic rings. The van der Waals surface area contributed by atoms with Crippen LogP contribution >= 0.6 is 11.6 Å². The maximum absolute atomic E-state index is 11.1. The highest BCUT2D eigenvalue weighted by molar-refractivity contribution is 6.33. The van der Waals surface area contributed by atoms with Gasteiger partial charge < -0.3 is 10.0 Å². The van der Waals surface area contributed by atoms with Gasteiger partial charge in [0.25, 0.3) is 0 Å². The molecule has 0 spiro atoms. The maximum Gasteiger partial charge on any atom is 0.337 e. The monoisotopic (exact) mass is 268 g/mol. The van der Waals surface area contributed by atoms with Gasteiger partial charge in [-0.05, 0) is 25.8 Å². The molecule has 1 unspecified atom stereocenters. The van der Waals surface area contributed by atoms with E-state index < -0.39 is 5.97 Å². The molecule has 1 aliphatic rings. The number of anilines is 1. The van der Waals surface area contributed by atoms with Gasteiger partial charge in [-0.2, -0.15) is 0 Å². The summed E-state index contributed by atoms with van der Waals surface area (Å²) in [6, 6.07) is 1.97. The minimum Gasteiger partial charge on any atom is -0.478 e. The Bertz CT molecular complexity index is 451. The molecule has 18 heavy (non-hydrogen) atoms.